The summed E-state index contributed by atoms with van der Waals surface area (Å²) in [5, 5.41) is 6.83. The lowest BCUT2D eigenvalue weighted by molar-refractivity contribution is 0.0718. The molecule has 1 fully saturated rings. The minimum Gasteiger partial charge on any atom is -0.497 e. The molecule has 0 spiro atoms. The Balaban J connectivity index is 1.65. The summed E-state index contributed by atoms with van der Waals surface area (Å²) >= 11 is 0. The fraction of sp³-hybridized carbons (Fsp3) is 0.353. The van der Waals surface area contributed by atoms with Crippen molar-refractivity contribution in [3.63, 3.8) is 0 Å². The van der Waals surface area contributed by atoms with Crippen LogP contribution in [0.4, 0.5) is 10.5 Å². The number of nitrogens with zero attached hydrogens (tertiary/aromatic N) is 3. The Hall–Kier alpha value is -2.83. The topological polar surface area (TPSA) is 76.5 Å². The van der Waals surface area contributed by atoms with Crippen LogP contribution in [0.15, 0.2) is 36.5 Å². The van der Waals surface area contributed by atoms with Crippen LogP contribution in [0.25, 0.3) is 0 Å². The normalized spacial score (nSPS) is 14.3. The number of anilines is 1. The van der Waals surface area contributed by atoms with Gasteiger partial charge < -0.3 is 15.0 Å². The first-order valence-electron chi connectivity index (χ1n) is 7.98. The van der Waals surface area contributed by atoms with Crippen LogP contribution >= 0.6 is 0 Å². The molecule has 0 saturated carbocycles. The molecule has 2 aromatic rings. The van der Waals surface area contributed by atoms with Crippen LogP contribution in [0, 0.1) is 0 Å². The van der Waals surface area contributed by atoms with E-state index in [1.54, 1.807) is 42.3 Å². The van der Waals surface area contributed by atoms with E-state index < -0.39 is 6.03 Å². The average Bonchev–Trinajstić information content (AvgIpc) is 3.13. The molecule has 1 aromatic heterocycles. The van der Waals surface area contributed by atoms with E-state index in [-0.39, 0.29) is 5.91 Å². The van der Waals surface area contributed by atoms with Crippen LogP contribution in [0.5, 0.6) is 5.75 Å². The van der Waals surface area contributed by atoms with Crippen molar-refractivity contribution >= 4 is 17.6 Å². The van der Waals surface area contributed by atoms with Gasteiger partial charge >= 0.3 is 6.03 Å². The maximum absolute atomic E-state index is 12.4. The molecule has 126 valence electrons. The van der Waals surface area contributed by atoms with Gasteiger partial charge in [-0.25, -0.2) is 4.79 Å². The Labute approximate surface area is 140 Å². The second-order valence-electron chi connectivity index (χ2n) is 5.66. The predicted molar refractivity (Wildman–Crippen MR) is 89.4 cm³/mol. The summed E-state index contributed by atoms with van der Waals surface area (Å²) in [5.74, 6) is 0.590. The van der Waals surface area contributed by atoms with Crippen molar-refractivity contribution < 1.29 is 14.3 Å². The number of piperidine rings is 1. The third-order valence-corrected chi connectivity index (χ3v) is 4.00. The molecule has 1 N–H and O–H groups in total. The van der Waals surface area contributed by atoms with E-state index in [1.807, 2.05) is 0 Å². The van der Waals surface area contributed by atoms with Crippen molar-refractivity contribution in [3.05, 3.63) is 42.2 Å². The second kappa shape index (κ2) is 7.16. The molecule has 3 rings (SSSR count). The number of carbonyl (C=O) groups is 2. The van der Waals surface area contributed by atoms with Crippen LogP contribution in [0.1, 0.15) is 29.8 Å². The molecular weight excluding hydrogens is 308 g/mol. The van der Waals surface area contributed by atoms with Gasteiger partial charge in [0.25, 0.3) is 5.91 Å². The van der Waals surface area contributed by atoms with Gasteiger partial charge in [-0.2, -0.15) is 9.78 Å². The molecule has 2 amide bonds. The molecule has 0 radical (unpaired) electrons. The lowest BCUT2D eigenvalue weighted by Gasteiger charge is -2.25. The van der Waals surface area contributed by atoms with Gasteiger partial charge in [0.1, 0.15) is 5.75 Å². The number of rotatable bonds is 3. The molecule has 1 aliphatic heterocycles. The van der Waals surface area contributed by atoms with Crippen molar-refractivity contribution in [2.75, 3.05) is 25.5 Å². The van der Waals surface area contributed by atoms with E-state index in [1.165, 1.54) is 6.20 Å². The monoisotopic (exact) mass is 328 g/mol. The summed E-state index contributed by atoms with van der Waals surface area (Å²) in [6.07, 6.45) is 4.69. The third kappa shape index (κ3) is 3.56. The van der Waals surface area contributed by atoms with Gasteiger partial charge in [0, 0.05) is 25.0 Å². The van der Waals surface area contributed by atoms with Crippen molar-refractivity contribution in [1.29, 1.82) is 0 Å². The lowest BCUT2D eigenvalue weighted by Crippen LogP contribution is -2.36. The van der Waals surface area contributed by atoms with Gasteiger partial charge in [-0.15, -0.1) is 0 Å². The largest absolute Gasteiger partial charge is 0.497 e. The molecule has 1 aliphatic rings. The Bertz CT molecular complexity index is 718. The highest BCUT2D eigenvalue weighted by Crippen LogP contribution is 2.15. The first kappa shape index (κ1) is 16.0. The first-order chi connectivity index (χ1) is 11.7. The highest BCUT2D eigenvalue weighted by Gasteiger charge is 2.21. The van der Waals surface area contributed by atoms with Crippen molar-refractivity contribution in [2.24, 2.45) is 0 Å². The lowest BCUT2D eigenvalue weighted by atomic mass is 10.1. The first-order valence-corrected chi connectivity index (χ1v) is 7.98. The van der Waals surface area contributed by atoms with Crippen LogP contribution in [-0.4, -0.2) is 46.8 Å². The van der Waals surface area contributed by atoms with Crippen LogP contribution in [-0.2, 0) is 0 Å². The minimum absolute atomic E-state index is 0.120. The zero-order chi connectivity index (χ0) is 16.9. The van der Waals surface area contributed by atoms with Gasteiger partial charge in [-0.05, 0) is 49.6 Å². The summed E-state index contributed by atoms with van der Waals surface area (Å²) < 4.78 is 6.21. The number of nitrogens with one attached hydrogen (secondary N) is 1. The second-order valence-corrected chi connectivity index (χ2v) is 5.66. The van der Waals surface area contributed by atoms with Crippen LogP contribution in [0.3, 0.4) is 0 Å². The van der Waals surface area contributed by atoms with Gasteiger partial charge in [-0.3, -0.25) is 4.79 Å². The summed E-state index contributed by atoms with van der Waals surface area (Å²) in [6, 6.07) is 8.14. The molecular formula is C17H20N4O3. The quantitative estimate of drug-likeness (QED) is 0.939. The van der Waals surface area contributed by atoms with E-state index in [0.717, 1.165) is 37.0 Å². The number of hydrogen-bond donors (Lipinski definition) is 1. The Morgan fingerprint density at radius 3 is 2.46 bits per heavy atom. The number of ether oxygens (including phenoxy) is 1. The molecule has 2 heterocycles. The fourth-order valence-corrected chi connectivity index (χ4v) is 2.67. The van der Waals surface area contributed by atoms with Crippen LogP contribution < -0.4 is 10.1 Å². The van der Waals surface area contributed by atoms with E-state index in [9.17, 15) is 9.59 Å². The number of aromatic nitrogens is 2. The van der Waals surface area contributed by atoms with Gasteiger partial charge in [0.15, 0.2) is 5.69 Å². The molecule has 1 saturated heterocycles. The molecule has 24 heavy (non-hydrogen) atoms. The van der Waals surface area contributed by atoms with E-state index >= 15 is 0 Å². The average molecular weight is 328 g/mol. The molecule has 0 atom stereocenters. The summed E-state index contributed by atoms with van der Waals surface area (Å²) in [4.78, 5) is 26.4. The molecule has 7 heteroatoms. The highest BCUT2D eigenvalue weighted by molar-refractivity contribution is 5.94. The summed E-state index contributed by atoms with van der Waals surface area (Å²) in [5.41, 5.74) is 0.919. The smallest absolute Gasteiger partial charge is 0.346 e. The van der Waals surface area contributed by atoms with E-state index in [0.29, 0.717) is 17.1 Å². The number of likely N-dealkylation sites (tertiary alicyclic amines) is 1. The maximum atomic E-state index is 12.4. The zero-order valence-corrected chi connectivity index (χ0v) is 13.6. The summed E-state index contributed by atoms with van der Waals surface area (Å²) in [7, 11) is 1.58. The SMILES string of the molecule is COc1ccc(NC(=O)n2ccc(C(=O)N3CCCCC3)n2)cc1. The van der Waals surface area contributed by atoms with Gasteiger partial charge in [0.2, 0.25) is 0 Å². The number of amides is 2. The number of hydrogen-bond acceptors (Lipinski definition) is 4. The van der Waals surface area contributed by atoms with Crippen molar-refractivity contribution in [2.45, 2.75) is 19.3 Å². The van der Waals surface area contributed by atoms with Crippen LogP contribution in [0.2, 0.25) is 0 Å². The molecule has 7 nitrogen and oxygen atoms in total. The van der Waals surface area contributed by atoms with Crippen molar-refractivity contribution in [3.8, 4) is 5.75 Å². The molecule has 0 bridgehead atoms. The van der Waals surface area contributed by atoms with Crippen molar-refractivity contribution in [1.82, 2.24) is 14.7 Å². The minimum atomic E-state index is -0.419. The van der Waals surface area contributed by atoms with Gasteiger partial charge in [-0.1, -0.05) is 0 Å². The standard InChI is InChI=1S/C17H20N4O3/c1-24-14-7-5-13(6-8-14)18-17(23)21-12-9-15(19-21)16(22)20-10-3-2-4-11-20/h5-9,12H,2-4,10-11H2,1H3,(H,18,23). The fourth-order valence-electron chi connectivity index (χ4n) is 2.67. The summed E-state index contributed by atoms with van der Waals surface area (Å²) in [6.45, 7) is 1.51. The Kier molecular flexibility index (Phi) is 4.79. The molecule has 1 aromatic carbocycles. The zero-order valence-electron chi connectivity index (χ0n) is 13.6. The van der Waals surface area contributed by atoms with E-state index in [4.69, 9.17) is 4.74 Å². The number of carbonyl (C=O) groups excluding carboxylic acids is 2. The third-order valence-electron chi connectivity index (χ3n) is 4.00. The Morgan fingerprint density at radius 2 is 1.79 bits per heavy atom. The van der Waals surface area contributed by atoms with E-state index in [2.05, 4.69) is 10.4 Å². The van der Waals surface area contributed by atoms with Gasteiger partial charge in [0.05, 0.1) is 7.11 Å². The Morgan fingerprint density at radius 1 is 1.08 bits per heavy atom. The highest BCUT2D eigenvalue weighted by atomic mass is 16.5. The molecule has 0 aliphatic carbocycles. The number of benzene rings is 1. The number of methoxy groups -OCH3 is 1. The maximum Gasteiger partial charge on any atom is 0.346 e. The molecule has 0 unspecified atom stereocenters. The predicted octanol–water partition coefficient (Wildman–Crippen LogP) is 2.60.